The summed E-state index contributed by atoms with van der Waals surface area (Å²) in [5, 5.41) is 3.02. The summed E-state index contributed by atoms with van der Waals surface area (Å²) in [7, 11) is 3.92. The summed E-state index contributed by atoms with van der Waals surface area (Å²) in [6.45, 7) is 2.30. The minimum Gasteiger partial charge on any atom is -0.369 e. The van der Waals surface area contributed by atoms with Crippen molar-refractivity contribution in [2.45, 2.75) is 19.5 Å². The fourth-order valence-electron chi connectivity index (χ4n) is 0.910. The molecule has 0 heterocycles. The molecule has 0 aliphatic heterocycles. The molecule has 0 aromatic heterocycles. The fourth-order valence-corrected chi connectivity index (χ4v) is 0.910. The van der Waals surface area contributed by atoms with Crippen LogP contribution in [0.5, 0.6) is 0 Å². The second-order valence-electron chi connectivity index (χ2n) is 2.73. The van der Waals surface area contributed by atoms with Gasteiger partial charge >= 0.3 is 0 Å². The van der Waals surface area contributed by atoms with Crippen molar-refractivity contribution >= 4 is 5.91 Å². The van der Waals surface area contributed by atoms with E-state index in [0.29, 0.717) is 0 Å². The summed E-state index contributed by atoms with van der Waals surface area (Å²) >= 11 is 0. The van der Waals surface area contributed by atoms with Crippen molar-refractivity contribution < 1.29 is 4.79 Å². The van der Waals surface area contributed by atoms with E-state index in [1.807, 2.05) is 19.0 Å². The summed E-state index contributed by atoms with van der Waals surface area (Å²) in [5.41, 5.74) is 4.98. The largest absolute Gasteiger partial charge is 0.369 e. The maximum Gasteiger partial charge on any atom is 0.231 e. The molecule has 0 saturated heterocycles. The normalized spacial score (nSPS) is 13.5. The number of nitrogens with zero attached hydrogens (tertiary/aromatic N) is 1. The smallest absolute Gasteiger partial charge is 0.231 e. The van der Waals surface area contributed by atoms with Gasteiger partial charge in [-0.2, -0.15) is 0 Å². The summed E-state index contributed by atoms with van der Waals surface area (Å²) in [5.74, 6) is -0.315. The summed E-state index contributed by atoms with van der Waals surface area (Å²) in [4.78, 5) is 12.4. The molecule has 1 unspecified atom stereocenters. The number of primary amides is 1. The van der Waals surface area contributed by atoms with Crippen molar-refractivity contribution in [3.63, 3.8) is 0 Å². The van der Waals surface area contributed by atoms with E-state index < -0.39 is 0 Å². The van der Waals surface area contributed by atoms with Crippen molar-refractivity contribution in [3.05, 3.63) is 0 Å². The van der Waals surface area contributed by atoms with E-state index in [2.05, 4.69) is 12.2 Å². The second kappa shape index (κ2) is 5.09. The third-order valence-electron chi connectivity index (χ3n) is 1.52. The van der Waals surface area contributed by atoms with Gasteiger partial charge < -0.3 is 5.73 Å². The Hall–Kier alpha value is -0.610. The molecule has 0 saturated carbocycles. The first-order valence-corrected chi connectivity index (χ1v) is 3.76. The van der Waals surface area contributed by atoms with Crippen LogP contribution in [0.15, 0.2) is 0 Å². The molecule has 4 heteroatoms. The highest BCUT2D eigenvalue weighted by atomic mass is 16.1. The standard InChI is InChI=1S/C7H17N3O/c1-4-7(10(2)3)9-5-6(8)11/h7,9H,4-5H2,1-3H3,(H2,8,11). The van der Waals surface area contributed by atoms with Gasteiger partial charge in [-0.25, -0.2) is 0 Å². The average Bonchev–Trinajstić information content (AvgIpc) is 1.87. The first kappa shape index (κ1) is 10.4. The third kappa shape index (κ3) is 4.75. The van der Waals surface area contributed by atoms with Crippen LogP contribution in [-0.2, 0) is 4.79 Å². The van der Waals surface area contributed by atoms with E-state index in [1.165, 1.54) is 0 Å². The molecule has 0 rings (SSSR count). The van der Waals surface area contributed by atoms with E-state index in [1.54, 1.807) is 0 Å². The Kier molecular flexibility index (Phi) is 4.81. The molecule has 0 radical (unpaired) electrons. The maximum absolute atomic E-state index is 10.4. The highest BCUT2D eigenvalue weighted by Crippen LogP contribution is 1.92. The van der Waals surface area contributed by atoms with Crippen molar-refractivity contribution in [2.24, 2.45) is 5.73 Å². The molecule has 0 aromatic rings. The number of carbonyl (C=O) groups is 1. The summed E-state index contributed by atoms with van der Waals surface area (Å²) < 4.78 is 0. The number of nitrogens with two attached hydrogens (primary N) is 1. The molecule has 0 aromatic carbocycles. The van der Waals surface area contributed by atoms with Gasteiger partial charge in [0.1, 0.15) is 0 Å². The van der Waals surface area contributed by atoms with Crippen molar-refractivity contribution in [1.29, 1.82) is 0 Å². The monoisotopic (exact) mass is 159 g/mol. The lowest BCUT2D eigenvalue weighted by Gasteiger charge is -2.23. The first-order chi connectivity index (χ1) is 5.07. The number of rotatable bonds is 5. The maximum atomic E-state index is 10.4. The van der Waals surface area contributed by atoms with Crippen LogP contribution in [0.4, 0.5) is 0 Å². The summed E-state index contributed by atoms with van der Waals surface area (Å²) in [6.07, 6.45) is 1.20. The van der Waals surface area contributed by atoms with Gasteiger partial charge in [0.25, 0.3) is 0 Å². The lowest BCUT2D eigenvalue weighted by atomic mass is 10.3. The van der Waals surface area contributed by atoms with E-state index in [0.717, 1.165) is 6.42 Å². The summed E-state index contributed by atoms with van der Waals surface area (Å²) in [6, 6.07) is 0. The number of nitrogens with one attached hydrogen (secondary N) is 1. The minimum absolute atomic E-state index is 0.238. The predicted octanol–water partition coefficient (Wildman–Crippen LogP) is -0.641. The molecule has 11 heavy (non-hydrogen) atoms. The Morgan fingerprint density at radius 1 is 1.64 bits per heavy atom. The number of carbonyl (C=O) groups excluding carboxylic acids is 1. The zero-order valence-corrected chi connectivity index (χ0v) is 7.42. The molecule has 0 bridgehead atoms. The van der Waals surface area contributed by atoms with Gasteiger partial charge in [0.2, 0.25) is 5.91 Å². The van der Waals surface area contributed by atoms with Gasteiger partial charge in [-0.15, -0.1) is 0 Å². The lowest BCUT2D eigenvalue weighted by molar-refractivity contribution is -0.117. The van der Waals surface area contributed by atoms with Gasteiger partial charge in [-0.1, -0.05) is 6.92 Å². The van der Waals surface area contributed by atoms with Crippen LogP contribution in [0.2, 0.25) is 0 Å². The van der Waals surface area contributed by atoms with Crippen molar-refractivity contribution in [1.82, 2.24) is 10.2 Å². The van der Waals surface area contributed by atoms with E-state index >= 15 is 0 Å². The van der Waals surface area contributed by atoms with Crippen molar-refractivity contribution in [3.8, 4) is 0 Å². The van der Waals surface area contributed by atoms with Gasteiger partial charge in [0, 0.05) is 0 Å². The minimum atomic E-state index is -0.315. The number of hydrogen-bond acceptors (Lipinski definition) is 3. The number of hydrogen-bond donors (Lipinski definition) is 2. The van der Waals surface area contributed by atoms with E-state index in [4.69, 9.17) is 5.73 Å². The van der Waals surface area contributed by atoms with Crippen LogP contribution in [0.3, 0.4) is 0 Å². The van der Waals surface area contributed by atoms with Crippen LogP contribution in [0.25, 0.3) is 0 Å². The van der Waals surface area contributed by atoms with Gasteiger partial charge in [-0.05, 0) is 20.5 Å². The van der Waals surface area contributed by atoms with Gasteiger partial charge in [0.15, 0.2) is 0 Å². The Labute approximate surface area is 67.7 Å². The van der Waals surface area contributed by atoms with Crippen LogP contribution in [0.1, 0.15) is 13.3 Å². The topological polar surface area (TPSA) is 58.4 Å². The van der Waals surface area contributed by atoms with Gasteiger partial charge in [-0.3, -0.25) is 15.0 Å². The SMILES string of the molecule is CCC(NCC(N)=O)N(C)C. The predicted molar refractivity (Wildman–Crippen MR) is 45.0 cm³/mol. The Morgan fingerprint density at radius 2 is 2.18 bits per heavy atom. The molecule has 0 fully saturated rings. The molecule has 1 atom stereocenters. The van der Waals surface area contributed by atoms with Crippen LogP contribution in [-0.4, -0.2) is 37.6 Å². The van der Waals surface area contributed by atoms with Crippen molar-refractivity contribution in [2.75, 3.05) is 20.6 Å². The molecule has 3 N–H and O–H groups in total. The molecule has 4 nitrogen and oxygen atoms in total. The quantitative estimate of drug-likeness (QED) is 0.525. The zero-order valence-electron chi connectivity index (χ0n) is 7.42. The molecule has 0 aliphatic carbocycles. The van der Waals surface area contributed by atoms with Gasteiger partial charge in [0.05, 0.1) is 12.7 Å². The Morgan fingerprint density at radius 3 is 2.45 bits per heavy atom. The highest BCUT2D eigenvalue weighted by Gasteiger charge is 2.07. The molecule has 66 valence electrons. The fraction of sp³-hybridized carbons (Fsp3) is 0.857. The number of amides is 1. The van der Waals surface area contributed by atoms with Crippen LogP contribution < -0.4 is 11.1 Å². The first-order valence-electron chi connectivity index (χ1n) is 3.76. The van der Waals surface area contributed by atoms with Crippen LogP contribution in [0, 0.1) is 0 Å². The Balaban J connectivity index is 3.61. The Bertz CT molecular complexity index is 125. The highest BCUT2D eigenvalue weighted by molar-refractivity contribution is 5.75. The van der Waals surface area contributed by atoms with E-state index in [9.17, 15) is 4.79 Å². The molecular weight excluding hydrogens is 142 g/mol. The zero-order chi connectivity index (χ0) is 8.85. The molecular formula is C7H17N3O. The van der Waals surface area contributed by atoms with Crippen LogP contribution >= 0.6 is 0 Å². The second-order valence-corrected chi connectivity index (χ2v) is 2.73. The van der Waals surface area contributed by atoms with E-state index in [-0.39, 0.29) is 18.6 Å². The molecule has 1 amide bonds. The molecule has 0 aliphatic rings. The lowest BCUT2D eigenvalue weighted by Crippen LogP contribution is -2.44. The third-order valence-corrected chi connectivity index (χ3v) is 1.52. The molecule has 0 spiro atoms. The average molecular weight is 159 g/mol.